The summed E-state index contributed by atoms with van der Waals surface area (Å²) in [5.41, 5.74) is 5.71. The third-order valence-electron chi connectivity index (χ3n) is 3.78. The maximum absolute atomic E-state index is 13.0. The van der Waals surface area contributed by atoms with Crippen molar-refractivity contribution in [2.45, 2.75) is 31.2 Å². The molecule has 3 rings (SSSR count). The molecule has 3 heterocycles. The molecular formula is C15H12F3N5OS. The highest BCUT2D eigenvalue weighted by molar-refractivity contribution is 7.10. The molecule has 10 heteroatoms. The van der Waals surface area contributed by atoms with Gasteiger partial charge in [0.25, 0.3) is 6.02 Å². The predicted octanol–water partition coefficient (Wildman–Crippen LogP) is 2.96. The van der Waals surface area contributed by atoms with E-state index in [0.717, 1.165) is 5.56 Å². The second-order valence-corrected chi connectivity index (χ2v) is 6.59. The first-order valence-corrected chi connectivity index (χ1v) is 7.99. The minimum atomic E-state index is -4.52. The van der Waals surface area contributed by atoms with Gasteiger partial charge in [0.2, 0.25) is 5.82 Å². The van der Waals surface area contributed by atoms with E-state index in [4.69, 9.17) is 11.0 Å². The molecule has 0 amide bonds. The monoisotopic (exact) mass is 367 g/mol. The van der Waals surface area contributed by atoms with Crippen molar-refractivity contribution in [3.63, 3.8) is 0 Å². The van der Waals surface area contributed by atoms with Crippen molar-refractivity contribution in [1.82, 2.24) is 9.97 Å². The van der Waals surface area contributed by atoms with E-state index in [-0.39, 0.29) is 12.2 Å². The molecule has 130 valence electrons. The van der Waals surface area contributed by atoms with Crippen LogP contribution in [-0.2, 0) is 10.3 Å². The molecular weight excluding hydrogens is 355 g/mol. The Hall–Kier alpha value is -2.67. The van der Waals surface area contributed by atoms with Gasteiger partial charge in [-0.15, -0.1) is 11.3 Å². The van der Waals surface area contributed by atoms with Gasteiger partial charge in [-0.3, -0.25) is 0 Å². The number of alkyl halides is 3. The normalized spacial score (nSPS) is 23.5. The summed E-state index contributed by atoms with van der Waals surface area (Å²) in [4.78, 5) is 12.5. The summed E-state index contributed by atoms with van der Waals surface area (Å²) in [5.74, 6) is 0.0426. The SMILES string of the molecule is C[C@@]1(c2cc(-c3cnc(C#N)nc3)cs2)C[C@@H](C(F)(F)F)OC(N)=N1. The first kappa shape index (κ1) is 17.2. The molecule has 0 fully saturated rings. The Morgan fingerprint density at radius 3 is 2.64 bits per heavy atom. The fourth-order valence-electron chi connectivity index (χ4n) is 2.51. The molecule has 1 aliphatic heterocycles. The number of amidine groups is 1. The van der Waals surface area contributed by atoms with Gasteiger partial charge in [-0.1, -0.05) is 0 Å². The summed E-state index contributed by atoms with van der Waals surface area (Å²) in [5, 5.41) is 10.5. The molecule has 0 saturated heterocycles. The maximum Gasteiger partial charge on any atom is 0.425 e. The number of hydrogen-bond donors (Lipinski definition) is 1. The molecule has 2 N–H and O–H groups in total. The summed E-state index contributed by atoms with van der Waals surface area (Å²) in [6.07, 6.45) is -3.91. The summed E-state index contributed by atoms with van der Waals surface area (Å²) < 4.78 is 43.8. The Morgan fingerprint density at radius 2 is 2.04 bits per heavy atom. The maximum atomic E-state index is 13.0. The number of nitriles is 1. The highest BCUT2D eigenvalue weighted by Gasteiger charge is 2.49. The number of aromatic nitrogens is 2. The van der Waals surface area contributed by atoms with Crippen LogP contribution in [0.25, 0.3) is 11.1 Å². The van der Waals surface area contributed by atoms with Gasteiger partial charge in [-0.05, 0) is 23.9 Å². The van der Waals surface area contributed by atoms with Crippen LogP contribution in [0.4, 0.5) is 13.2 Å². The minimum absolute atomic E-state index is 0.0426. The topological polar surface area (TPSA) is 97.2 Å². The highest BCUT2D eigenvalue weighted by atomic mass is 32.1. The zero-order chi connectivity index (χ0) is 18.2. The van der Waals surface area contributed by atoms with E-state index in [0.29, 0.717) is 10.4 Å². The summed E-state index contributed by atoms with van der Waals surface area (Å²) in [6, 6.07) is 3.07. The Morgan fingerprint density at radius 1 is 1.36 bits per heavy atom. The number of thiophene rings is 1. The van der Waals surface area contributed by atoms with Crippen LogP contribution in [-0.4, -0.2) is 28.3 Å². The first-order chi connectivity index (χ1) is 11.7. The third kappa shape index (κ3) is 3.41. The number of hydrogen-bond acceptors (Lipinski definition) is 7. The Bertz CT molecular complexity index is 855. The van der Waals surface area contributed by atoms with Crippen LogP contribution >= 0.6 is 11.3 Å². The van der Waals surface area contributed by atoms with Crippen molar-refractivity contribution in [3.8, 4) is 17.2 Å². The van der Waals surface area contributed by atoms with Crippen molar-refractivity contribution in [2.75, 3.05) is 0 Å². The lowest BCUT2D eigenvalue weighted by Crippen LogP contribution is -2.45. The molecule has 2 aromatic rings. The van der Waals surface area contributed by atoms with Gasteiger partial charge in [0.1, 0.15) is 11.6 Å². The van der Waals surface area contributed by atoms with E-state index in [2.05, 4.69) is 19.7 Å². The number of nitrogens with zero attached hydrogens (tertiary/aromatic N) is 4. The zero-order valence-electron chi connectivity index (χ0n) is 12.9. The van der Waals surface area contributed by atoms with Gasteiger partial charge >= 0.3 is 6.18 Å². The third-order valence-corrected chi connectivity index (χ3v) is 4.97. The number of rotatable bonds is 2. The molecule has 1 aliphatic rings. The fourth-order valence-corrected chi connectivity index (χ4v) is 3.54. The summed E-state index contributed by atoms with van der Waals surface area (Å²) in [6.45, 7) is 1.59. The van der Waals surface area contributed by atoms with Gasteiger partial charge < -0.3 is 10.5 Å². The van der Waals surface area contributed by atoms with Gasteiger partial charge in [-0.2, -0.15) is 18.4 Å². The minimum Gasteiger partial charge on any atom is -0.452 e. The van der Waals surface area contributed by atoms with Crippen molar-refractivity contribution in [1.29, 1.82) is 5.26 Å². The van der Waals surface area contributed by atoms with E-state index in [1.54, 1.807) is 18.4 Å². The van der Waals surface area contributed by atoms with Crippen LogP contribution in [0.5, 0.6) is 0 Å². The Kier molecular flexibility index (Phi) is 4.12. The highest BCUT2D eigenvalue weighted by Crippen LogP contribution is 2.43. The molecule has 6 nitrogen and oxygen atoms in total. The van der Waals surface area contributed by atoms with E-state index in [9.17, 15) is 13.2 Å². The first-order valence-electron chi connectivity index (χ1n) is 7.11. The predicted molar refractivity (Wildman–Crippen MR) is 84.6 cm³/mol. The fraction of sp³-hybridized carbons (Fsp3) is 0.333. The molecule has 0 bridgehead atoms. The molecule has 0 spiro atoms. The van der Waals surface area contributed by atoms with Crippen LogP contribution < -0.4 is 5.73 Å². The van der Waals surface area contributed by atoms with Crippen molar-refractivity contribution >= 4 is 17.4 Å². The molecule has 0 radical (unpaired) electrons. The number of ether oxygens (including phenoxy) is 1. The van der Waals surface area contributed by atoms with Gasteiger partial charge in [-0.25, -0.2) is 15.0 Å². The van der Waals surface area contributed by atoms with Crippen LogP contribution in [0.3, 0.4) is 0 Å². The largest absolute Gasteiger partial charge is 0.452 e. The van der Waals surface area contributed by atoms with E-state index < -0.39 is 23.8 Å². The van der Waals surface area contributed by atoms with Crippen LogP contribution in [0, 0.1) is 11.3 Å². The van der Waals surface area contributed by atoms with Gasteiger partial charge in [0, 0.05) is 29.3 Å². The zero-order valence-corrected chi connectivity index (χ0v) is 13.7. The van der Waals surface area contributed by atoms with Gasteiger partial charge in [0.15, 0.2) is 6.10 Å². The molecule has 0 unspecified atom stereocenters. The Balaban J connectivity index is 1.92. The standard InChI is InChI=1S/C15H12F3N5OS/c1-14(3-10(15(16,17)18)24-13(20)23-14)11-2-8(7-25-11)9-5-21-12(4-19)22-6-9/h2,5-7,10H,3H2,1H3,(H2,20,23)/t10-,14-/m0/s1. The second-order valence-electron chi connectivity index (χ2n) is 5.68. The van der Waals surface area contributed by atoms with Crippen LogP contribution in [0.2, 0.25) is 0 Å². The lowest BCUT2D eigenvalue weighted by molar-refractivity contribution is -0.208. The van der Waals surface area contributed by atoms with Crippen molar-refractivity contribution < 1.29 is 17.9 Å². The lowest BCUT2D eigenvalue weighted by atomic mass is 9.91. The molecule has 0 aromatic carbocycles. The Labute approximate surface area is 144 Å². The lowest BCUT2D eigenvalue weighted by Gasteiger charge is -2.34. The molecule has 0 saturated carbocycles. The average molecular weight is 367 g/mol. The number of nitrogens with two attached hydrogens (primary N) is 1. The van der Waals surface area contributed by atoms with Crippen molar-refractivity contribution in [2.24, 2.45) is 10.7 Å². The second kappa shape index (κ2) is 6.00. The average Bonchev–Trinajstić information content (AvgIpc) is 3.04. The van der Waals surface area contributed by atoms with E-state index in [1.807, 2.05) is 6.07 Å². The van der Waals surface area contributed by atoms with Crippen LogP contribution in [0.1, 0.15) is 24.0 Å². The summed E-state index contributed by atoms with van der Waals surface area (Å²) >= 11 is 1.27. The smallest absolute Gasteiger partial charge is 0.425 e. The van der Waals surface area contributed by atoms with Crippen LogP contribution in [0.15, 0.2) is 28.8 Å². The number of halogens is 3. The number of aliphatic imine (C=N–C) groups is 1. The summed E-state index contributed by atoms with van der Waals surface area (Å²) in [7, 11) is 0. The quantitative estimate of drug-likeness (QED) is 0.880. The molecule has 2 aromatic heterocycles. The van der Waals surface area contributed by atoms with E-state index in [1.165, 1.54) is 23.7 Å². The molecule has 25 heavy (non-hydrogen) atoms. The van der Waals surface area contributed by atoms with Crippen molar-refractivity contribution in [3.05, 3.63) is 34.5 Å². The van der Waals surface area contributed by atoms with Gasteiger partial charge in [0.05, 0.1) is 0 Å². The molecule has 2 atom stereocenters. The van der Waals surface area contributed by atoms with E-state index >= 15 is 0 Å². The molecule has 0 aliphatic carbocycles.